The molecule has 1 saturated heterocycles. The largest absolute Gasteiger partial charge is 0.380 e. The van der Waals surface area contributed by atoms with E-state index in [0.717, 1.165) is 24.8 Å². The van der Waals surface area contributed by atoms with Crippen LogP contribution < -0.4 is 5.32 Å². The minimum absolute atomic E-state index is 0.0255. The summed E-state index contributed by atoms with van der Waals surface area (Å²) in [5.41, 5.74) is 6.69. The molecule has 5 aliphatic carbocycles. The third-order valence-corrected chi connectivity index (χ3v) is 18.4. The molecule has 0 aromatic heterocycles. The van der Waals surface area contributed by atoms with Crippen LogP contribution >= 0.6 is 0 Å². The van der Waals surface area contributed by atoms with Crippen LogP contribution in [-0.4, -0.2) is 48.0 Å². The molecule has 298 valence electrons. The van der Waals surface area contributed by atoms with E-state index in [1.54, 1.807) is 0 Å². The van der Waals surface area contributed by atoms with Crippen molar-refractivity contribution in [3.63, 3.8) is 0 Å². The molecule has 4 saturated carbocycles. The van der Waals surface area contributed by atoms with E-state index in [4.69, 9.17) is 0 Å². The lowest BCUT2D eigenvalue weighted by atomic mass is 9.32. The van der Waals surface area contributed by atoms with Gasteiger partial charge in [-0.25, -0.2) is 0 Å². The molecule has 0 bridgehead atoms. The Morgan fingerprint density at radius 2 is 1.64 bits per heavy atom. The Kier molecular flexibility index (Phi) is 10.3. The van der Waals surface area contributed by atoms with Crippen LogP contribution in [0.1, 0.15) is 147 Å². The fourth-order valence-corrected chi connectivity index (χ4v) is 15.5. The fraction of sp³-hybridized carbons (Fsp3) is 0.667. The van der Waals surface area contributed by atoms with Crippen molar-refractivity contribution in [1.29, 1.82) is 0 Å². The minimum atomic E-state index is -1.14. The van der Waals surface area contributed by atoms with Crippen LogP contribution in [0.15, 0.2) is 72.8 Å². The van der Waals surface area contributed by atoms with Crippen molar-refractivity contribution in [1.82, 2.24) is 10.2 Å². The van der Waals surface area contributed by atoms with Gasteiger partial charge in [0.25, 0.3) is 0 Å². The number of hydrogen-bond donors (Lipinski definition) is 2. The fourth-order valence-electron chi connectivity index (χ4n) is 15.5. The van der Waals surface area contributed by atoms with E-state index in [1.165, 1.54) is 101 Å². The van der Waals surface area contributed by atoms with Crippen LogP contribution in [0.3, 0.4) is 0 Å². The Morgan fingerprint density at radius 3 is 2.35 bits per heavy atom. The molecule has 1 aliphatic heterocycles. The van der Waals surface area contributed by atoms with E-state index in [0.29, 0.717) is 51.2 Å². The number of nitrogens with one attached hydrogen (secondary N) is 1. The van der Waals surface area contributed by atoms with E-state index >= 15 is 0 Å². The number of hydrogen-bond acceptors (Lipinski definition) is 4. The van der Waals surface area contributed by atoms with E-state index in [1.807, 2.05) is 42.5 Å². The number of likely N-dealkylation sites (tertiary alicyclic amines) is 1. The van der Waals surface area contributed by atoms with Gasteiger partial charge in [-0.15, -0.1) is 0 Å². The average molecular weight is 745 g/mol. The first-order chi connectivity index (χ1) is 26.2. The number of fused-ring (bicyclic) bond motifs is 7. The summed E-state index contributed by atoms with van der Waals surface area (Å²) in [4.78, 5) is 16.0. The maximum atomic E-state index is 13.3. The second-order valence-electron chi connectivity index (χ2n) is 20.9. The van der Waals surface area contributed by atoms with Gasteiger partial charge >= 0.3 is 0 Å². The van der Waals surface area contributed by atoms with Gasteiger partial charge in [-0.1, -0.05) is 114 Å². The SMILES string of the molecule is C=C(C)[C@@H]1CC[C@]2(CNCC3CCCN3CC)CC[C@]3(C)[C@H](CC[C@@H]4[C@@]5(C)CC=C(c6ccc(C(=O)C(O)c7ccccc7)cc6)C(C)(C)[C@@H]5CC[C@]43C)[C@@H]12. The number of carbonyl (C=O) groups is 1. The molecule has 5 fully saturated rings. The molecule has 0 amide bonds. The van der Waals surface area contributed by atoms with Gasteiger partial charge in [0, 0.05) is 24.7 Å². The number of allylic oxidation sites excluding steroid dienone is 3. The minimum Gasteiger partial charge on any atom is -0.380 e. The van der Waals surface area contributed by atoms with Gasteiger partial charge in [-0.2, -0.15) is 0 Å². The van der Waals surface area contributed by atoms with Gasteiger partial charge in [0.15, 0.2) is 5.78 Å². The molecule has 2 aromatic rings. The van der Waals surface area contributed by atoms with E-state index < -0.39 is 6.10 Å². The Hall–Kier alpha value is -2.53. The van der Waals surface area contributed by atoms with Crippen LogP contribution in [0.2, 0.25) is 0 Å². The van der Waals surface area contributed by atoms with E-state index in [2.05, 4.69) is 83.5 Å². The lowest BCUT2D eigenvalue weighted by Gasteiger charge is -2.72. The predicted octanol–water partition coefficient (Wildman–Crippen LogP) is 11.3. The van der Waals surface area contributed by atoms with Crippen molar-refractivity contribution < 1.29 is 9.90 Å². The normalized spacial score (nSPS) is 40.0. The molecule has 0 radical (unpaired) electrons. The average Bonchev–Trinajstić information content (AvgIpc) is 3.80. The number of nitrogens with zero attached hydrogens (tertiary/aromatic N) is 1. The number of aliphatic hydroxyl groups is 1. The summed E-state index contributed by atoms with van der Waals surface area (Å²) in [5.74, 6) is 3.28. The highest BCUT2D eigenvalue weighted by atomic mass is 16.3. The number of likely N-dealkylation sites (N-methyl/N-ethyl adjacent to an activating group) is 1. The summed E-state index contributed by atoms with van der Waals surface area (Å²) in [6.45, 7) is 27.4. The summed E-state index contributed by atoms with van der Waals surface area (Å²) in [5, 5.41) is 15.0. The lowest BCUT2D eigenvalue weighted by molar-refractivity contribution is -0.225. The van der Waals surface area contributed by atoms with Crippen LogP contribution in [-0.2, 0) is 0 Å². The predicted molar refractivity (Wildman–Crippen MR) is 228 cm³/mol. The smallest absolute Gasteiger partial charge is 0.195 e. The number of carbonyl (C=O) groups excluding carboxylic acids is 1. The number of Topliss-reactive ketones (excluding diaryl/α,β-unsaturated/α-hetero) is 1. The highest BCUT2D eigenvalue weighted by Crippen LogP contribution is 2.77. The molecular formula is C51H72N2O2. The Labute approximate surface area is 334 Å². The Morgan fingerprint density at radius 1 is 0.891 bits per heavy atom. The molecule has 6 aliphatic rings. The molecule has 2 N–H and O–H groups in total. The summed E-state index contributed by atoms with van der Waals surface area (Å²) >= 11 is 0. The highest BCUT2D eigenvalue weighted by Gasteiger charge is 2.70. The molecule has 4 nitrogen and oxygen atoms in total. The summed E-state index contributed by atoms with van der Waals surface area (Å²) < 4.78 is 0. The zero-order valence-electron chi connectivity index (χ0n) is 35.4. The van der Waals surface area contributed by atoms with Crippen molar-refractivity contribution in [3.8, 4) is 0 Å². The van der Waals surface area contributed by atoms with Crippen LogP contribution in [0, 0.1) is 56.7 Å². The van der Waals surface area contributed by atoms with Crippen LogP contribution in [0.25, 0.3) is 5.57 Å². The third kappa shape index (κ3) is 6.12. The van der Waals surface area contributed by atoms with Crippen molar-refractivity contribution in [2.24, 2.45) is 56.7 Å². The molecule has 55 heavy (non-hydrogen) atoms. The van der Waals surface area contributed by atoms with E-state index in [9.17, 15) is 9.90 Å². The van der Waals surface area contributed by atoms with Gasteiger partial charge in [0.1, 0.15) is 6.10 Å². The van der Waals surface area contributed by atoms with Gasteiger partial charge in [0.05, 0.1) is 0 Å². The lowest BCUT2D eigenvalue weighted by Crippen LogP contribution is -2.66. The van der Waals surface area contributed by atoms with E-state index in [-0.39, 0.29) is 16.6 Å². The molecule has 2 aromatic carbocycles. The quantitative estimate of drug-likeness (QED) is 0.188. The zero-order chi connectivity index (χ0) is 39.0. The Balaban J connectivity index is 1.03. The highest BCUT2D eigenvalue weighted by molar-refractivity contribution is 6.00. The summed E-state index contributed by atoms with van der Waals surface area (Å²) in [6.07, 6.45) is 16.1. The van der Waals surface area contributed by atoms with Gasteiger partial charge in [0.2, 0.25) is 0 Å². The van der Waals surface area contributed by atoms with Crippen molar-refractivity contribution in [2.75, 3.05) is 26.2 Å². The maximum Gasteiger partial charge on any atom is 0.195 e. The monoisotopic (exact) mass is 745 g/mol. The third-order valence-electron chi connectivity index (χ3n) is 18.4. The first-order valence-electron chi connectivity index (χ1n) is 22.4. The molecule has 8 rings (SSSR count). The second kappa shape index (κ2) is 14.4. The first kappa shape index (κ1) is 39.3. The molecule has 2 unspecified atom stereocenters. The van der Waals surface area contributed by atoms with Gasteiger partial charge < -0.3 is 10.4 Å². The molecule has 1 heterocycles. The topological polar surface area (TPSA) is 52.6 Å². The number of rotatable bonds is 10. The van der Waals surface area contributed by atoms with Crippen LogP contribution in [0.5, 0.6) is 0 Å². The summed E-state index contributed by atoms with van der Waals surface area (Å²) in [6, 6.07) is 18.1. The molecule has 4 heteroatoms. The van der Waals surface area contributed by atoms with Crippen molar-refractivity contribution in [3.05, 3.63) is 89.5 Å². The van der Waals surface area contributed by atoms with Crippen LogP contribution in [0.4, 0.5) is 0 Å². The Bertz CT molecular complexity index is 1780. The number of benzene rings is 2. The molecule has 0 spiro atoms. The first-order valence-corrected chi connectivity index (χ1v) is 22.4. The number of aliphatic hydroxyl groups excluding tert-OH is 1. The molecule has 11 atom stereocenters. The van der Waals surface area contributed by atoms with Gasteiger partial charge in [-0.05, 0) is 164 Å². The second-order valence-corrected chi connectivity index (χ2v) is 20.9. The van der Waals surface area contributed by atoms with Gasteiger partial charge in [-0.3, -0.25) is 9.69 Å². The standard InChI is InChI=1S/C51H72N2O2/c1-9-53-31-13-16-38(53)32-52-33-51-28-23-39(34(2)3)44(51)41-21-22-43-48(6)26-24-40(47(4,5)42(48)25-27-50(43,8)49(41,7)29-30-51)35-17-19-37(20-18-35)46(55)45(54)36-14-11-10-12-15-36/h10-12,14-15,17-20,24,38-39,41-45,52,54H,2,9,13,16,21-23,25-33H2,1,3-8H3/t38?,39-,41+,42-,43+,44+,45?,48-,49+,50+,51+/m0/s1. The van der Waals surface area contributed by atoms with Crippen molar-refractivity contribution in [2.45, 2.75) is 131 Å². The van der Waals surface area contributed by atoms with Crippen molar-refractivity contribution >= 4 is 11.4 Å². The summed E-state index contributed by atoms with van der Waals surface area (Å²) in [7, 11) is 0. The molecular weight excluding hydrogens is 673 g/mol. The maximum absolute atomic E-state index is 13.3. The zero-order valence-corrected chi connectivity index (χ0v) is 35.4. The number of ketones is 1.